The van der Waals surface area contributed by atoms with Crippen molar-refractivity contribution < 1.29 is 13.9 Å². The molecule has 0 saturated carbocycles. The number of pyridine rings is 1. The molecule has 2 aromatic carbocycles. The number of aromatic nitrogens is 3. The van der Waals surface area contributed by atoms with E-state index in [1.165, 1.54) is 35.0 Å². The Morgan fingerprint density at radius 2 is 1.83 bits per heavy atom. The van der Waals surface area contributed by atoms with Crippen molar-refractivity contribution in [1.82, 2.24) is 14.5 Å². The molecule has 0 bridgehead atoms. The molecule has 0 spiro atoms. The second-order valence-corrected chi connectivity index (χ2v) is 6.43. The molecule has 4 aromatic rings. The van der Waals surface area contributed by atoms with Gasteiger partial charge in [0.1, 0.15) is 12.4 Å². The van der Waals surface area contributed by atoms with Crippen molar-refractivity contribution in [3.63, 3.8) is 0 Å². The molecule has 144 valence electrons. The molecule has 0 aliphatic carbocycles. The number of carbonyl (C=O) groups excluding carboxylic acids is 1. The maximum absolute atomic E-state index is 13.3. The number of rotatable bonds is 4. The normalized spacial score (nSPS) is 10.8. The van der Waals surface area contributed by atoms with Crippen LogP contribution in [0.4, 0.5) is 4.39 Å². The third-order valence-electron chi connectivity index (χ3n) is 4.41. The minimum absolute atomic E-state index is 0.230. The Hall–Kier alpha value is -3.87. The summed E-state index contributed by atoms with van der Waals surface area (Å²) >= 11 is 0. The van der Waals surface area contributed by atoms with Gasteiger partial charge in [-0.25, -0.2) is 14.2 Å². The Labute approximate surface area is 165 Å². The van der Waals surface area contributed by atoms with E-state index in [0.717, 1.165) is 5.69 Å². The molecule has 0 unspecified atom stereocenters. The molecule has 0 aliphatic rings. The van der Waals surface area contributed by atoms with E-state index in [1.807, 2.05) is 6.92 Å². The lowest BCUT2D eigenvalue weighted by atomic mass is 10.2. The first-order chi connectivity index (χ1) is 14.0. The lowest BCUT2D eigenvalue weighted by Crippen LogP contribution is -2.25. The number of hydrogen-bond donors (Lipinski definition) is 0. The zero-order valence-electron chi connectivity index (χ0n) is 15.5. The zero-order chi connectivity index (χ0) is 20.4. The van der Waals surface area contributed by atoms with Crippen molar-refractivity contribution in [2.45, 2.75) is 13.5 Å². The molecule has 2 aromatic heterocycles. The molecule has 29 heavy (non-hydrogen) atoms. The molecule has 0 radical (unpaired) electrons. The second-order valence-electron chi connectivity index (χ2n) is 6.43. The molecule has 0 fully saturated rings. The number of esters is 1. The number of fused-ring (bicyclic) bond motifs is 1. The van der Waals surface area contributed by atoms with E-state index in [1.54, 1.807) is 36.4 Å². The average molecular weight is 389 g/mol. The third kappa shape index (κ3) is 3.75. The number of halogens is 1. The lowest BCUT2D eigenvalue weighted by Gasteiger charge is -2.14. The van der Waals surface area contributed by atoms with Gasteiger partial charge in [0.25, 0.3) is 5.56 Å². The molecule has 0 amide bonds. The summed E-state index contributed by atoms with van der Waals surface area (Å²) in [6.45, 7) is 1.58. The minimum atomic E-state index is -0.578. The van der Waals surface area contributed by atoms with E-state index < -0.39 is 11.8 Å². The summed E-state index contributed by atoms with van der Waals surface area (Å²) in [5.41, 5.74) is 1.66. The highest BCUT2D eigenvalue weighted by molar-refractivity contribution is 5.89. The third-order valence-corrected chi connectivity index (χ3v) is 4.41. The molecule has 2 heterocycles. The fourth-order valence-corrected chi connectivity index (χ4v) is 2.93. The van der Waals surface area contributed by atoms with Gasteiger partial charge in [0.15, 0.2) is 5.82 Å². The highest BCUT2D eigenvalue weighted by Crippen LogP contribution is 2.15. The summed E-state index contributed by atoms with van der Waals surface area (Å²) < 4.78 is 20.0. The van der Waals surface area contributed by atoms with E-state index >= 15 is 0 Å². The number of para-hydroxylation sites is 1. The Kier molecular flexibility index (Phi) is 4.87. The van der Waals surface area contributed by atoms with Crippen LogP contribution in [0.1, 0.15) is 21.9 Å². The largest absolute Gasteiger partial charge is 0.454 e. The maximum Gasteiger partial charge on any atom is 0.340 e. The number of ether oxygens (including phenoxy) is 1. The molecular weight excluding hydrogens is 373 g/mol. The van der Waals surface area contributed by atoms with Crippen LogP contribution in [-0.2, 0) is 11.3 Å². The van der Waals surface area contributed by atoms with Gasteiger partial charge in [-0.05, 0) is 55.5 Å². The molecule has 0 aliphatic heterocycles. The molecular formula is C22H16FN3O3. The monoisotopic (exact) mass is 389 g/mol. The van der Waals surface area contributed by atoms with Gasteiger partial charge in [-0.15, -0.1) is 0 Å². The summed E-state index contributed by atoms with van der Waals surface area (Å²) in [4.78, 5) is 34.0. The Morgan fingerprint density at radius 1 is 1.07 bits per heavy atom. The van der Waals surface area contributed by atoms with Crippen LogP contribution < -0.4 is 5.56 Å². The highest BCUT2D eigenvalue weighted by atomic mass is 19.1. The first-order valence-corrected chi connectivity index (χ1v) is 8.89. The van der Waals surface area contributed by atoms with Gasteiger partial charge in [0.2, 0.25) is 0 Å². The Morgan fingerprint density at radius 3 is 2.55 bits per heavy atom. The summed E-state index contributed by atoms with van der Waals surface area (Å²) in [5, 5.41) is 0.412. The first kappa shape index (κ1) is 18.5. The van der Waals surface area contributed by atoms with Crippen molar-refractivity contribution in [2.24, 2.45) is 0 Å². The van der Waals surface area contributed by atoms with Crippen molar-refractivity contribution in [3.05, 3.63) is 100 Å². The molecule has 4 rings (SSSR count). The summed E-state index contributed by atoms with van der Waals surface area (Å²) in [7, 11) is 0. The standard InChI is InChI=1S/C22H16FN3O3/c1-14-6-7-15(12-24-14)22(28)29-13-20-25-19-5-3-2-4-18(19)21(27)26(20)17-10-8-16(23)9-11-17/h2-12H,13H2,1H3. The van der Waals surface area contributed by atoms with Crippen molar-refractivity contribution in [1.29, 1.82) is 0 Å². The van der Waals surface area contributed by atoms with Crippen molar-refractivity contribution >= 4 is 16.9 Å². The Bertz CT molecular complexity index is 1250. The smallest absolute Gasteiger partial charge is 0.340 e. The number of nitrogens with zero attached hydrogens (tertiary/aromatic N) is 3. The predicted octanol–water partition coefficient (Wildman–Crippen LogP) is 3.59. The van der Waals surface area contributed by atoms with E-state index in [2.05, 4.69) is 9.97 Å². The zero-order valence-corrected chi connectivity index (χ0v) is 15.5. The van der Waals surface area contributed by atoms with Crippen molar-refractivity contribution in [2.75, 3.05) is 0 Å². The van der Waals surface area contributed by atoms with Gasteiger partial charge in [-0.3, -0.25) is 14.3 Å². The van der Waals surface area contributed by atoms with Gasteiger partial charge in [0.05, 0.1) is 22.2 Å². The van der Waals surface area contributed by atoms with Crippen LogP contribution in [0.2, 0.25) is 0 Å². The molecule has 0 atom stereocenters. The van der Waals surface area contributed by atoms with Gasteiger partial charge >= 0.3 is 5.97 Å². The fourth-order valence-electron chi connectivity index (χ4n) is 2.93. The number of aryl methyl sites for hydroxylation is 1. The SMILES string of the molecule is Cc1ccc(C(=O)OCc2nc3ccccc3c(=O)n2-c2ccc(F)cc2)cn1. The lowest BCUT2D eigenvalue weighted by molar-refractivity contribution is 0.0459. The van der Waals surface area contributed by atoms with Gasteiger partial charge in [-0.2, -0.15) is 0 Å². The van der Waals surface area contributed by atoms with Gasteiger partial charge in [-0.1, -0.05) is 12.1 Å². The van der Waals surface area contributed by atoms with Crippen LogP contribution in [0.15, 0.2) is 71.7 Å². The van der Waals surface area contributed by atoms with Crippen LogP contribution in [0, 0.1) is 12.7 Å². The van der Waals surface area contributed by atoms with Crippen LogP contribution in [0.5, 0.6) is 0 Å². The number of hydrogen-bond acceptors (Lipinski definition) is 5. The quantitative estimate of drug-likeness (QED) is 0.499. The summed E-state index contributed by atoms with van der Waals surface area (Å²) in [5.74, 6) is -0.769. The summed E-state index contributed by atoms with van der Waals surface area (Å²) in [6.07, 6.45) is 1.43. The van der Waals surface area contributed by atoms with Crippen LogP contribution in [0.3, 0.4) is 0 Å². The molecule has 6 nitrogen and oxygen atoms in total. The van der Waals surface area contributed by atoms with Crippen LogP contribution in [-0.4, -0.2) is 20.5 Å². The van der Waals surface area contributed by atoms with E-state index in [9.17, 15) is 14.0 Å². The molecule has 7 heteroatoms. The van der Waals surface area contributed by atoms with Crippen LogP contribution in [0.25, 0.3) is 16.6 Å². The first-order valence-electron chi connectivity index (χ1n) is 8.89. The van der Waals surface area contributed by atoms with E-state index in [0.29, 0.717) is 22.2 Å². The van der Waals surface area contributed by atoms with Gasteiger partial charge < -0.3 is 4.74 Å². The predicted molar refractivity (Wildman–Crippen MR) is 105 cm³/mol. The second kappa shape index (κ2) is 7.63. The Balaban J connectivity index is 1.75. The van der Waals surface area contributed by atoms with E-state index in [4.69, 9.17) is 4.74 Å². The number of carbonyl (C=O) groups is 1. The summed E-state index contributed by atoms with van der Waals surface area (Å²) in [6, 6.07) is 15.7. The average Bonchev–Trinajstić information content (AvgIpc) is 2.73. The van der Waals surface area contributed by atoms with E-state index in [-0.39, 0.29) is 18.0 Å². The highest BCUT2D eigenvalue weighted by Gasteiger charge is 2.15. The van der Waals surface area contributed by atoms with Crippen LogP contribution >= 0.6 is 0 Å². The van der Waals surface area contributed by atoms with Gasteiger partial charge in [0, 0.05) is 11.9 Å². The minimum Gasteiger partial charge on any atom is -0.454 e. The number of benzene rings is 2. The molecule has 0 N–H and O–H groups in total. The van der Waals surface area contributed by atoms with Crippen molar-refractivity contribution in [3.8, 4) is 5.69 Å². The fraction of sp³-hybridized carbons (Fsp3) is 0.0909. The topological polar surface area (TPSA) is 74.1 Å². The maximum atomic E-state index is 13.3. The molecule has 0 saturated heterocycles.